The normalized spacial score (nSPS) is 14.8. The Morgan fingerprint density at radius 3 is 2.43 bits per heavy atom. The molecule has 0 radical (unpaired) electrons. The fourth-order valence-electron chi connectivity index (χ4n) is 1.74. The van der Waals surface area contributed by atoms with Crippen molar-refractivity contribution >= 4 is 29.9 Å². The van der Waals surface area contributed by atoms with E-state index >= 15 is 0 Å². The Morgan fingerprint density at radius 1 is 1.26 bits per heavy atom. The lowest BCUT2D eigenvalue weighted by molar-refractivity contribution is -0.147. The molecule has 0 spiro atoms. The van der Waals surface area contributed by atoms with Crippen LogP contribution in [0.1, 0.15) is 59.3 Å². The predicted molar refractivity (Wildman–Crippen MR) is 96.5 cm³/mol. The lowest BCUT2D eigenvalue weighted by atomic mass is 10.2. The lowest BCUT2D eigenvalue weighted by Crippen LogP contribution is -2.30. The molecule has 0 aliphatic heterocycles. The maximum Gasteiger partial charge on any atom is 0.315 e. The zero-order chi connectivity index (χ0) is 17.9. The molecule has 0 aliphatic rings. The number of carbonyl (C=O) groups is 2. The number of nitrogens with one attached hydrogen (secondary N) is 1. The summed E-state index contributed by atoms with van der Waals surface area (Å²) in [6.45, 7) is 3.32. The van der Waals surface area contributed by atoms with Gasteiger partial charge in [0.15, 0.2) is 0 Å². The van der Waals surface area contributed by atoms with Crippen LogP contribution in [0.4, 0.5) is 0 Å². The first-order valence-corrected chi connectivity index (χ1v) is 11.3. The van der Waals surface area contributed by atoms with Gasteiger partial charge in [-0.2, -0.15) is 0 Å². The Hall–Kier alpha value is -0.520. The molecule has 136 valence electrons. The third kappa shape index (κ3) is 8.77. The van der Waals surface area contributed by atoms with Gasteiger partial charge in [-0.15, -0.1) is 0 Å². The standard InChI is InChI=1S/C15H31N2O4PS/c1-6-8-9-10-11-21-15(19)12-14(18)17(5)22(20,16-4)23-13(3)7-2/h13H,6-12H2,1-5H3,(H,16,20). The zero-order valence-electron chi connectivity index (χ0n) is 15.0. The van der Waals surface area contributed by atoms with Crippen molar-refractivity contribution in [2.45, 2.75) is 64.5 Å². The minimum atomic E-state index is -3.07. The summed E-state index contributed by atoms with van der Waals surface area (Å²) in [6, 6.07) is 0. The first-order valence-electron chi connectivity index (χ1n) is 8.20. The summed E-state index contributed by atoms with van der Waals surface area (Å²) in [6.07, 6.45) is 4.51. The minimum absolute atomic E-state index is 0.147. The van der Waals surface area contributed by atoms with Crippen LogP contribution in [0, 0.1) is 0 Å². The van der Waals surface area contributed by atoms with Gasteiger partial charge in [0.05, 0.1) is 6.61 Å². The molecule has 0 rings (SSSR count). The van der Waals surface area contributed by atoms with Gasteiger partial charge in [-0.05, 0) is 19.9 Å². The number of unbranched alkanes of at least 4 members (excludes halogenated alkanes) is 3. The second-order valence-electron chi connectivity index (χ2n) is 5.44. The fourth-order valence-corrected chi connectivity index (χ4v) is 6.21. The number of ether oxygens (including phenoxy) is 1. The van der Waals surface area contributed by atoms with Gasteiger partial charge in [0, 0.05) is 12.3 Å². The summed E-state index contributed by atoms with van der Waals surface area (Å²) in [4.78, 5) is 23.9. The van der Waals surface area contributed by atoms with Gasteiger partial charge in [0.25, 0.3) is 6.65 Å². The fraction of sp³-hybridized carbons (Fsp3) is 0.867. The van der Waals surface area contributed by atoms with E-state index in [-0.39, 0.29) is 11.7 Å². The molecular formula is C15H31N2O4PS. The Balaban J connectivity index is 4.40. The number of carbonyl (C=O) groups excluding carboxylic acids is 2. The van der Waals surface area contributed by atoms with E-state index in [1.165, 1.54) is 18.4 Å². The minimum Gasteiger partial charge on any atom is -0.465 e. The summed E-state index contributed by atoms with van der Waals surface area (Å²) in [5.41, 5.74) is 0. The topological polar surface area (TPSA) is 75.7 Å². The van der Waals surface area contributed by atoms with Crippen molar-refractivity contribution in [3.63, 3.8) is 0 Å². The Bertz CT molecular complexity index is 420. The lowest BCUT2D eigenvalue weighted by Gasteiger charge is -2.28. The molecule has 0 bridgehead atoms. The van der Waals surface area contributed by atoms with E-state index < -0.39 is 18.5 Å². The SMILES string of the molecule is CCCCCCOC(=O)CC(=O)N(C)P(=O)(NC)SC(C)CC. The highest BCUT2D eigenvalue weighted by molar-refractivity contribution is 8.57. The van der Waals surface area contributed by atoms with Gasteiger partial charge in [-0.1, -0.05) is 51.4 Å². The Morgan fingerprint density at radius 2 is 1.91 bits per heavy atom. The monoisotopic (exact) mass is 366 g/mol. The van der Waals surface area contributed by atoms with Crippen molar-refractivity contribution in [1.29, 1.82) is 0 Å². The number of hydrogen-bond donors (Lipinski definition) is 1. The second-order valence-corrected chi connectivity index (χ2v) is 10.7. The van der Waals surface area contributed by atoms with Crippen molar-refractivity contribution in [3.05, 3.63) is 0 Å². The molecule has 6 nitrogen and oxygen atoms in total. The molecule has 0 aromatic carbocycles. The smallest absolute Gasteiger partial charge is 0.315 e. The number of nitrogens with zero attached hydrogens (tertiary/aromatic N) is 1. The quantitative estimate of drug-likeness (QED) is 0.245. The van der Waals surface area contributed by atoms with Gasteiger partial charge in [-0.25, -0.2) is 5.09 Å². The van der Waals surface area contributed by atoms with E-state index in [0.29, 0.717) is 6.61 Å². The molecule has 0 saturated carbocycles. The molecule has 0 aromatic rings. The number of rotatable bonds is 12. The highest BCUT2D eigenvalue weighted by Crippen LogP contribution is 2.59. The van der Waals surface area contributed by atoms with Crippen LogP contribution in [0.5, 0.6) is 0 Å². The number of hydrogen-bond acceptors (Lipinski definition) is 5. The molecule has 1 amide bonds. The van der Waals surface area contributed by atoms with Crippen LogP contribution < -0.4 is 5.09 Å². The van der Waals surface area contributed by atoms with E-state index in [1.54, 1.807) is 7.05 Å². The molecule has 0 heterocycles. The third-order valence-corrected chi connectivity index (χ3v) is 9.27. The maximum absolute atomic E-state index is 12.8. The van der Waals surface area contributed by atoms with Crippen LogP contribution in [0.3, 0.4) is 0 Å². The maximum atomic E-state index is 12.8. The van der Waals surface area contributed by atoms with Crippen LogP contribution in [0.25, 0.3) is 0 Å². The Kier molecular flexibility index (Phi) is 11.7. The average molecular weight is 366 g/mol. The van der Waals surface area contributed by atoms with Gasteiger partial charge in [-0.3, -0.25) is 18.8 Å². The van der Waals surface area contributed by atoms with E-state index in [2.05, 4.69) is 12.0 Å². The van der Waals surface area contributed by atoms with Crippen LogP contribution >= 0.6 is 18.0 Å². The summed E-state index contributed by atoms with van der Waals surface area (Å²) >= 11 is 1.23. The van der Waals surface area contributed by atoms with Gasteiger partial charge in [0.2, 0.25) is 5.91 Å². The molecule has 2 atom stereocenters. The largest absolute Gasteiger partial charge is 0.465 e. The highest BCUT2D eigenvalue weighted by atomic mass is 32.7. The predicted octanol–water partition coefficient (Wildman–Crippen LogP) is 3.82. The average Bonchev–Trinajstić information content (AvgIpc) is 2.53. The van der Waals surface area contributed by atoms with Crippen LogP contribution in [-0.4, -0.2) is 42.5 Å². The molecular weight excluding hydrogens is 335 g/mol. The van der Waals surface area contributed by atoms with E-state index in [0.717, 1.165) is 36.8 Å². The van der Waals surface area contributed by atoms with Crippen LogP contribution in [0.15, 0.2) is 0 Å². The van der Waals surface area contributed by atoms with Gasteiger partial charge >= 0.3 is 5.97 Å². The Labute approximate surface area is 144 Å². The van der Waals surface area contributed by atoms with Crippen molar-refractivity contribution in [2.75, 3.05) is 20.7 Å². The molecule has 0 fully saturated rings. The highest BCUT2D eigenvalue weighted by Gasteiger charge is 2.33. The summed E-state index contributed by atoms with van der Waals surface area (Å²) < 4.78 is 19.0. The molecule has 23 heavy (non-hydrogen) atoms. The van der Waals surface area contributed by atoms with Gasteiger partial charge < -0.3 is 4.74 Å². The first-order chi connectivity index (χ1) is 10.8. The van der Waals surface area contributed by atoms with Crippen molar-refractivity contribution < 1.29 is 18.9 Å². The van der Waals surface area contributed by atoms with Crippen molar-refractivity contribution in [2.24, 2.45) is 0 Å². The molecule has 0 aliphatic carbocycles. The summed E-state index contributed by atoms with van der Waals surface area (Å²) in [5.74, 6) is -1.05. The van der Waals surface area contributed by atoms with Crippen LogP contribution in [-0.2, 0) is 18.9 Å². The zero-order valence-corrected chi connectivity index (χ0v) is 16.7. The molecule has 0 saturated heterocycles. The molecule has 0 aromatic heterocycles. The van der Waals surface area contributed by atoms with Gasteiger partial charge in [0.1, 0.15) is 6.42 Å². The molecule has 1 N–H and O–H groups in total. The first kappa shape index (κ1) is 22.5. The van der Waals surface area contributed by atoms with E-state index in [1.807, 2.05) is 13.8 Å². The van der Waals surface area contributed by atoms with E-state index in [9.17, 15) is 14.2 Å². The van der Waals surface area contributed by atoms with Crippen molar-refractivity contribution in [1.82, 2.24) is 9.76 Å². The number of esters is 1. The summed E-state index contributed by atoms with van der Waals surface area (Å²) in [7, 11) is 3.02. The summed E-state index contributed by atoms with van der Waals surface area (Å²) in [5, 5.41) is 2.88. The molecule has 2 unspecified atom stereocenters. The second kappa shape index (κ2) is 11.9. The molecule has 8 heteroatoms. The third-order valence-electron chi connectivity index (χ3n) is 3.49. The van der Waals surface area contributed by atoms with E-state index in [4.69, 9.17) is 4.74 Å². The van der Waals surface area contributed by atoms with Crippen molar-refractivity contribution in [3.8, 4) is 0 Å². The van der Waals surface area contributed by atoms with Crippen LogP contribution in [0.2, 0.25) is 0 Å². The number of amides is 1.